The molecule has 0 aliphatic carbocycles. The molecule has 2 aromatic rings. The maximum absolute atomic E-state index is 12.6. The lowest BCUT2D eigenvalue weighted by molar-refractivity contribution is -0.135. The predicted octanol–water partition coefficient (Wildman–Crippen LogP) is 4.18. The van der Waals surface area contributed by atoms with Crippen LogP contribution in [0.15, 0.2) is 48.5 Å². The van der Waals surface area contributed by atoms with Crippen molar-refractivity contribution in [2.45, 2.75) is 44.6 Å². The van der Waals surface area contributed by atoms with Crippen LogP contribution in [0.5, 0.6) is 11.5 Å². The predicted molar refractivity (Wildman–Crippen MR) is 110 cm³/mol. The molecule has 0 radical (unpaired) electrons. The molecule has 0 atom stereocenters. The number of Topliss-reactive ketones (excluding diaryl/α,β-unsaturated/α-hetero) is 1. The number of rotatable bonds is 5. The highest BCUT2D eigenvalue weighted by Crippen LogP contribution is 2.39. The summed E-state index contributed by atoms with van der Waals surface area (Å²) in [5, 5.41) is 0. The van der Waals surface area contributed by atoms with Gasteiger partial charge in [-0.15, -0.1) is 0 Å². The number of ether oxygens (including phenoxy) is 2. The van der Waals surface area contributed by atoms with Gasteiger partial charge in [-0.3, -0.25) is 9.59 Å². The molecule has 29 heavy (non-hydrogen) atoms. The summed E-state index contributed by atoms with van der Waals surface area (Å²) in [5.74, 6) is 1.84. The summed E-state index contributed by atoms with van der Waals surface area (Å²) in [4.78, 5) is 27.0. The number of nitrogens with zero attached hydrogens (tertiary/aromatic N) is 1. The molecular formula is C24H27NO4. The fraction of sp³-hybridized carbons (Fsp3) is 0.417. The molecule has 2 heterocycles. The van der Waals surface area contributed by atoms with Gasteiger partial charge in [-0.1, -0.05) is 30.3 Å². The highest BCUT2D eigenvalue weighted by molar-refractivity contribution is 6.00. The monoisotopic (exact) mass is 393 g/mol. The Balaban J connectivity index is 1.25. The van der Waals surface area contributed by atoms with E-state index in [1.54, 1.807) is 0 Å². The number of fused-ring (bicyclic) bond motifs is 1. The Hall–Kier alpha value is -2.82. The van der Waals surface area contributed by atoms with Crippen LogP contribution in [0.25, 0.3) is 0 Å². The molecule has 5 heteroatoms. The molecule has 5 nitrogen and oxygen atoms in total. The van der Waals surface area contributed by atoms with E-state index in [2.05, 4.69) is 0 Å². The number of amides is 1. The summed E-state index contributed by atoms with van der Waals surface area (Å²) < 4.78 is 12.0. The molecule has 2 aromatic carbocycles. The topological polar surface area (TPSA) is 55.8 Å². The van der Waals surface area contributed by atoms with Gasteiger partial charge in [0.25, 0.3) is 0 Å². The Bertz CT molecular complexity index is 899. The van der Waals surface area contributed by atoms with Crippen molar-refractivity contribution in [1.82, 2.24) is 4.90 Å². The number of hydrogen-bond donors (Lipinski definition) is 0. The molecule has 1 fully saturated rings. The maximum Gasteiger partial charge on any atom is 0.222 e. The van der Waals surface area contributed by atoms with Gasteiger partial charge in [0, 0.05) is 32.4 Å². The van der Waals surface area contributed by atoms with Crippen molar-refractivity contribution in [3.63, 3.8) is 0 Å². The Kier molecular flexibility index (Phi) is 5.56. The number of carbonyl (C=O) groups excluding carboxylic acids is 2. The van der Waals surface area contributed by atoms with Crippen LogP contribution in [0.2, 0.25) is 0 Å². The first-order valence-corrected chi connectivity index (χ1v) is 10.3. The van der Waals surface area contributed by atoms with Gasteiger partial charge in [0.2, 0.25) is 5.91 Å². The largest absolute Gasteiger partial charge is 0.493 e. The van der Waals surface area contributed by atoms with Crippen LogP contribution in [0.1, 0.15) is 48.0 Å². The minimum atomic E-state index is -0.462. The second-order valence-electron chi connectivity index (χ2n) is 7.98. The van der Waals surface area contributed by atoms with Gasteiger partial charge in [-0.25, -0.2) is 0 Å². The summed E-state index contributed by atoms with van der Waals surface area (Å²) in [7, 11) is 0. The lowest BCUT2D eigenvalue weighted by Crippen LogP contribution is -2.52. The van der Waals surface area contributed by atoms with Gasteiger partial charge in [-0.2, -0.15) is 0 Å². The van der Waals surface area contributed by atoms with E-state index in [4.69, 9.17) is 9.47 Å². The fourth-order valence-corrected chi connectivity index (χ4v) is 4.17. The molecule has 1 amide bonds. The summed E-state index contributed by atoms with van der Waals surface area (Å²) in [5.41, 5.74) is 1.31. The van der Waals surface area contributed by atoms with Crippen LogP contribution in [0.3, 0.4) is 0 Å². The zero-order valence-corrected chi connectivity index (χ0v) is 16.9. The van der Waals surface area contributed by atoms with Gasteiger partial charge in [0.05, 0.1) is 18.6 Å². The molecule has 0 saturated carbocycles. The van der Waals surface area contributed by atoms with Crippen LogP contribution in [0, 0.1) is 6.92 Å². The highest BCUT2D eigenvalue weighted by Gasteiger charge is 2.43. The lowest BCUT2D eigenvalue weighted by atomic mass is 9.82. The average Bonchev–Trinajstić information content (AvgIpc) is 2.73. The number of benzene rings is 2. The van der Waals surface area contributed by atoms with Crippen molar-refractivity contribution in [3.8, 4) is 11.5 Å². The third-order valence-corrected chi connectivity index (χ3v) is 5.91. The summed E-state index contributed by atoms with van der Waals surface area (Å²) in [6.07, 6.45) is 2.95. The van der Waals surface area contributed by atoms with E-state index in [-0.39, 0.29) is 11.7 Å². The molecule has 152 valence electrons. The Morgan fingerprint density at radius 2 is 1.83 bits per heavy atom. The standard InChI is InChI=1S/C24H27NO4/c1-18-7-2-4-9-21(18)28-16-6-11-23(27)25-14-12-24(13-15-25)17-20(26)19-8-3-5-10-22(19)29-24/h2-5,7-10H,6,11-17H2,1H3. The smallest absolute Gasteiger partial charge is 0.222 e. The first kappa shape index (κ1) is 19.5. The van der Waals surface area contributed by atoms with Crippen molar-refractivity contribution in [3.05, 3.63) is 59.7 Å². The molecule has 0 unspecified atom stereocenters. The van der Waals surface area contributed by atoms with E-state index < -0.39 is 5.60 Å². The van der Waals surface area contributed by atoms with E-state index in [1.165, 1.54) is 0 Å². The van der Waals surface area contributed by atoms with E-state index in [9.17, 15) is 9.59 Å². The number of likely N-dealkylation sites (tertiary alicyclic amines) is 1. The Morgan fingerprint density at radius 3 is 2.62 bits per heavy atom. The second-order valence-corrected chi connectivity index (χ2v) is 7.98. The molecule has 4 rings (SSSR count). The van der Waals surface area contributed by atoms with Crippen molar-refractivity contribution in [2.24, 2.45) is 0 Å². The van der Waals surface area contributed by atoms with Gasteiger partial charge in [0.15, 0.2) is 5.78 Å². The highest BCUT2D eigenvalue weighted by atomic mass is 16.5. The maximum atomic E-state index is 12.6. The quantitative estimate of drug-likeness (QED) is 0.715. The van der Waals surface area contributed by atoms with Crippen LogP contribution < -0.4 is 9.47 Å². The number of ketones is 1. The minimum Gasteiger partial charge on any atom is -0.493 e. The molecule has 0 aromatic heterocycles. The van der Waals surface area contributed by atoms with Crippen LogP contribution >= 0.6 is 0 Å². The third kappa shape index (κ3) is 4.29. The summed E-state index contributed by atoms with van der Waals surface area (Å²) in [6.45, 7) is 3.81. The SMILES string of the molecule is Cc1ccccc1OCCCC(=O)N1CCC2(CC1)CC(=O)c1ccccc1O2. The van der Waals surface area contributed by atoms with E-state index in [1.807, 2.05) is 60.4 Å². The molecule has 1 saturated heterocycles. The number of aryl methyl sites for hydroxylation is 1. The normalized spacial score (nSPS) is 17.6. The number of hydrogen-bond acceptors (Lipinski definition) is 4. The van der Waals surface area contributed by atoms with Crippen molar-refractivity contribution in [2.75, 3.05) is 19.7 Å². The van der Waals surface area contributed by atoms with E-state index in [0.29, 0.717) is 63.1 Å². The van der Waals surface area contributed by atoms with Crippen molar-refractivity contribution in [1.29, 1.82) is 0 Å². The molecule has 0 N–H and O–H groups in total. The first-order chi connectivity index (χ1) is 14.1. The number of carbonyl (C=O) groups is 2. The zero-order chi connectivity index (χ0) is 20.3. The third-order valence-electron chi connectivity index (χ3n) is 5.91. The van der Waals surface area contributed by atoms with Crippen molar-refractivity contribution < 1.29 is 19.1 Å². The van der Waals surface area contributed by atoms with E-state index in [0.717, 1.165) is 11.3 Å². The first-order valence-electron chi connectivity index (χ1n) is 10.3. The number of piperidine rings is 1. The molecular weight excluding hydrogens is 366 g/mol. The van der Waals surface area contributed by atoms with E-state index >= 15 is 0 Å². The molecule has 2 aliphatic heterocycles. The van der Waals surface area contributed by atoms with Crippen LogP contribution in [-0.2, 0) is 4.79 Å². The van der Waals surface area contributed by atoms with Gasteiger partial charge >= 0.3 is 0 Å². The van der Waals surface area contributed by atoms with Crippen LogP contribution in [0.4, 0.5) is 0 Å². The molecule has 1 spiro atoms. The van der Waals surface area contributed by atoms with Gasteiger partial charge < -0.3 is 14.4 Å². The van der Waals surface area contributed by atoms with Crippen molar-refractivity contribution >= 4 is 11.7 Å². The average molecular weight is 393 g/mol. The Labute approximate surface area is 171 Å². The summed E-state index contributed by atoms with van der Waals surface area (Å²) >= 11 is 0. The molecule has 0 bridgehead atoms. The fourth-order valence-electron chi connectivity index (χ4n) is 4.17. The van der Waals surface area contributed by atoms with Gasteiger partial charge in [-0.05, 0) is 37.1 Å². The minimum absolute atomic E-state index is 0.139. The molecule has 2 aliphatic rings. The zero-order valence-electron chi connectivity index (χ0n) is 16.9. The second kappa shape index (κ2) is 8.27. The van der Waals surface area contributed by atoms with Crippen LogP contribution in [-0.4, -0.2) is 41.9 Å². The Morgan fingerprint density at radius 1 is 1.10 bits per heavy atom. The lowest BCUT2D eigenvalue weighted by Gasteiger charge is -2.44. The summed E-state index contributed by atoms with van der Waals surface area (Å²) in [6, 6.07) is 15.3. The van der Waals surface area contributed by atoms with Gasteiger partial charge in [0.1, 0.15) is 17.1 Å². The number of para-hydroxylation sites is 2.